The Balaban J connectivity index is 1.77. The molecule has 0 spiro atoms. The second kappa shape index (κ2) is 9.58. The van der Waals surface area contributed by atoms with E-state index in [9.17, 15) is 22.4 Å². The largest absolute Gasteiger partial charge is 0.418 e. The topological polar surface area (TPSA) is 54.5 Å². The number of aromatic nitrogens is 1. The normalized spacial score (nSPS) is 14.2. The number of halogens is 4. The zero-order chi connectivity index (χ0) is 23.4. The van der Waals surface area contributed by atoms with E-state index < -0.39 is 23.5 Å². The number of nitrogens with zero attached hydrogens (tertiary/aromatic N) is 2. The number of carbonyl (C=O) groups excluding carboxylic acids is 1. The van der Waals surface area contributed by atoms with E-state index in [0.717, 1.165) is 6.07 Å². The smallest absolute Gasteiger partial charge is 0.378 e. The highest BCUT2D eigenvalue weighted by Gasteiger charge is 2.36. The molecule has 1 aliphatic heterocycles. The van der Waals surface area contributed by atoms with Crippen molar-refractivity contribution in [3.05, 3.63) is 77.9 Å². The second-order valence-corrected chi connectivity index (χ2v) is 7.61. The molecule has 1 amide bonds. The zero-order valence-corrected chi connectivity index (χ0v) is 17.5. The number of nitrogens with one attached hydrogen (secondary N) is 1. The molecule has 0 atom stereocenters. The summed E-state index contributed by atoms with van der Waals surface area (Å²) in [6, 6.07) is 11.2. The molecule has 0 bridgehead atoms. The van der Waals surface area contributed by atoms with Crippen LogP contribution in [0.3, 0.4) is 0 Å². The third-order valence-electron chi connectivity index (χ3n) is 5.32. The van der Waals surface area contributed by atoms with E-state index in [0.29, 0.717) is 43.1 Å². The van der Waals surface area contributed by atoms with Crippen LogP contribution in [0, 0.1) is 5.82 Å². The number of anilines is 2. The van der Waals surface area contributed by atoms with E-state index in [1.54, 1.807) is 18.2 Å². The summed E-state index contributed by atoms with van der Waals surface area (Å²) < 4.78 is 60.9. The average Bonchev–Trinajstić information content (AvgIpc) is 2.81. The van der Waals surface area contributed by atoms with Crippen molar-refractivity contribution in [1.82, 2.24) is 4.98 Å². The van der Waals surface area contributed by atoms with Crippen molar-refractivity contribution in [2.75, 3.05) is 36.5 Å². The molecule has 0 aliphatic carbocycles. The van der Waals surface area contributed by atoms with Gasteiger partial charge in [-0.3, -0.25) is 9.78 Å². The van der Waals surface area contributed by atoms with E-state index in [1.165, 1.54) is 36.7 Å². The maximum atomic E-state index is 14.2. The Labute approximate surface area is 188 Å². The molecule has 2 heterocycles. The molecular weight excluding hydrogens is 438 g/mol. The first-order valence-electron chi connectivity index (χ1n) is 10.3. The molecule has 1 N–H and O–H groups in total. The lowest BCUT2D eigenvalue weighted by molar-refractivity contribution is -0.136. The summed E-state index contributed by atoms with van der Waals surface area (Å²) in [5, 5.41) is 2.45. The molecule has 9 heteroatoms. The Morgan fingerprint density at radius 1 is 1.09 bits per heavy atom. The van der Waals surface area contributed by atoms with Crippen LogP contribution in [-0.2, 0) is 22.1 Å². The van der Waals surface area contributed by atoms with Gasteiger partial charge in [0.05, 0.1) is 30.9 Å². The van der Waals surface area contributed by atoms with Crippen molar-refractivity contribution >= 4 is 17.3 Å². The molecule has 172 valence electrons. The Morgan fingerprint density at radius 3 is 2.45 bits per heavy atom. The summed E-state index contributed by atoms with van der Waals surface area (Å²) in [4.78, 5) is 18.6. The minimum absolute atomic E-state index is 0.199. The molecule has 33 heavy (non-hydrogen) atoms. The zero-order valence-electron chi connectivity index (χ0n) is 17.5. The molecule has 3 aromatic rings. The molecule has 1 aromatic heterocycles. The molecular formula is C24H21F4N3O2. The van der Waals surface area contributed by atoms with Crippen molar-refractivity contribution < 1.29 is 27.1 Å². The van der Waals surface area contributed by atoms with Crippen LogP contribution in [0.2, 0.25) is 0 Å². The van der Waals surface area contributed by atoms with Gasteiger partial charge in [-0.15, -0.1) is 0 Å². The fourth-order valence-corrected chi connectivity index (χ4v) is 3.71. The lowest BCUT2D eigenvalue weighted by Gasteiger charge is -2.30. The summed E-state index contributed by atoms with van der Waals surface area (Å²) in [7, 11) is 0. The van der Waals surface area contributed by atoms with Gasteiger partial charge in [0.2, 0.25) is 5.91 Å². The van der Waals surface area contributed by atoms with Crippen LogP contribution in [0.15, 0.2) is 60.9 Å². The fraction of sp³-hybridized carbons (Fsp3) is 0.250. The van der Waals surface area contributed by atoms with Gasteiger partial charge < -0.3 is 15.0 Å². The van der Waals surface area contributed by atoms with Crippen molar-refractivity contribution in [3.8, 4) is 11.1 Å². The number of amides is 1. The van der Waals surface area contributed by atoms with Gasteiger partial charge in [-0.25, -0.2) is 4.39 Å². The summed E-state index contributed by atoms with van der Waals surface area (Å²) in [6.45, 7) is 1.75. The van der Waals surface area contributed by atoms with Crippen LogP contribution < -0.4 is 10.2 Å². The summed E-state index contributed by atoms with van der Waals surface area (Å²) >= 11 is 0. The Bertz CT molecular complexity index is 1110. The monoisotopic (exact) mass is 459 g/mol. The standard InChI is InChI=1S/C24H21F4N3O2/c25-18-5-3-16(4-6-18)12-22(32)30-23-20(17-2-1-7-29-15-17)13-19(14-21(23)24(26,27)28)31-8-10-33-11-9-31/h1-7,13-15H,8-12H2,(H,30,32). The van der Waals surface area contributed by atoms with Crippen LogP contribution in [0.4, 0.5) is 28.9 Å². The van der Waals surface area contributed by atoms with E-state index in [2.05, 4.69) is 10.3 Å². The Morgan fingerprint density at radius 2 is 1.82 bits per heavy atom. The summed E-state index contributed by atoms with van der Waals surface area (Å²) in [5.74, 6) is -1.10. The quantitative estimate of drug-likeness (QED) is 0.550. The second-order valence-electron chi connectivity index (χ2n) is 7.61. The minimum atomic E-state index is -4.71. The molecule has 0 saturated carbocycles. The molecule has 4 rings (SSSR count). The predicted molar refractivity (Wildman–Crippen MR) is 116 cm³/mol. The highest BCUT2D eigenvalue weighted by Crippen LogP contribution is 2.43. The summed E-state index contributed by atoms with van der Waals surface area (Å²) in [5.41, 5.74) is 0.246. The highest BCUT2D eigenvalue weighted by molar-refractivity contribution is 5.98. The van der Waals surface area contributed by atoms with Gasteiger partial charge >= 0.3 is 6.18 Å². The highest BCUT2D eigenvalue weighted by atomic mass is 19.4. The number of carbonyl (C=O) groups is 1. The van der Waals surface area contributed by atoms with E-state index in [-0.39, 0.29) is 17.7 Å². The van der Waals surface area contributed by atoms with Gasteiger partial charge in [0.1, 0.15) is 5.82 Å². The van der Waals surface area contributed by atoms with E-state index in [4.69, 9.17) is 4.74 Å². The number of rotatable bonds is 5. The maximum Gasteiger partial charge on any atom is 0.418 e. The van der Waals surface area contributed by atoms with Crippen molar-refractivity contribution in [1.29, 1.82) is 0 Å². The average molecular weight is 459 g/mol. The fourth-order valence-electron chi connectivity index (χ4n) is 3.71. The van der Waals surface area contributed by atoms with Crippen LogP contribution >= 0.6 is 0 Å². The number of hydrogen-bond donors (Lipinski definition) is 1. The number of ether oxygens (including phenoxy) is 1. The van der Waals surface area contributed by atoms with Gasteiger partial charge in [0.15, 0.2) is 0 Å². The van der Waals surface area contributed by atoms with Gasteiger partial charge in [-0.2, -0.15) is 13.2 Å². The first kappa shape index (κ1) is 22.7. The van der Waals surface area contributed by atoms with Gasteiger partial charge in [-0.1, -0.05) is 18.2 Å². The minimum Gasteiger partial charge on any atom is -0.378 e. The van der Waals surface area contributed by atoms with Crippen LogP contribution in [-0.4, -0.2) is 37.2 Å². The number of hydrogen-bond acceptors (Lipinski definition) is 4. The molecule has 0 radical (unpaired) electrons. The number of benzene rings is 2. The summed E-state index contributed by atoms with van der Waals surface area (Å²) in [6.07, 6.45) is -1.94. The van der Waals surface area contributed by atoms with Crippen LogP contribution in [0.5, 0.6) is 0 Å². The Kier molecular flexibility index (Phi) is 6.60. The third-order valence-corrected chi connectivity index (χ3v) is 5.32. The van der Waals surface area contributed by atoms with Crippen molar-refractivity contribution in [3.63, 3.8) is 0 Å². The third kappa shape index (κ3) is 5.48. The number of morpholine rings is 1. The van der Waals surface area contributed by atoms with E-state index >= 15 is 0 Å². The molecule has 2 aromatic carbocycles. The van der Waals surface area contributed by atoms with Crippen LogP contribution in [0.1, 0.15) is 11.1 Å². The first-order chi connectivity index (χ1) is 15.8. The first-order valence-corrected chi connectivity index (χ1v) is 10.3. The van der Waals surface area contributed by atoms with Crippen LogP contribution in [0.25, 0.3) is 11.1 Å². The molecule has 1 saturated heterocycles. The molecule has 5 nitrogen and oxygen atoms in total. The SMILES string of the molecule is O=C(Cc1ccc(F)cc1)Nc1c(-c2cccnc2)cc(N2CCOCC2)cc1C(F)(F)F. The van der Waals surface area contributed by atoms with Gasteiger partial charge in [-0.05, 0) is 35.9 Å². The van der Waals surface area contributed by atoms with Gasteiger partial charge in [0.25, 0.3) is 0 Å². The lowest BCUT2D eigenvalue weighted by Crippen LogP contribution is -2.36. The molecule has 1 fully saturated rings. The lowest BCUT2D eigenvalue weighted by atomic mass is 9.98. The molecule has 0 unspecified atom stereocenters. The van der Waals surface area contributed by atoms with E-state index in [1.807, 2.05) is 4.90 Å². The maximum absolute atomic E-state index is 14.2. The van der Waals surface area contributed by atoms with Crippen molar-refractivity contribution in [2.45, 2.75) is 12.6 Å². The van der Waals surface area contributed by atoms with Crippen molar-refractivity contribution in [2.24, 2.45) is 0 Å². The Hall–Kier alpha value is -3.46. The number of alkyl halides is 3. The van der Waals surface area contributed by atoms with Gasteiger partial charge in [0, 0.05) is 42.3 Å². The molecule has 1 aliphatic rings. The predicted octanol–water partition coefficient (Wildman–Crippen LogP) is 4.92. The number of pyridine rings is 1.